The highest BCUT2D eigenvalue weighted by molar-refractivity contribution is 6.31. The van der Waals surface area contributed by atoms with E-state index in [-0.39, 0.29) is 5.91 Å². The third-order valence-electron chi connectivity index (χ3n) is 4.19. The summed E-state index contributed by atoms with van der Waals surface area (Å²) in [6, 6.07) is 17.2. The number of anilines is 3. The van der Waals surface area contributed by atoms with Gasteiger partial charge in [0.05, 0.1) is 18.3 Å². The van der Waals surface area contributed by atoms with Gasteiger partial charge in [-0.15, -0.1) is 0 Å². The van der Waals surface area contributed by atoms with Crippen molar-refractivity contribution < 1.29 is 4.79 Å². The van der Waals surface area contributed by atoms with Gasteiger partial charge in [-0.2, -0.15) is 0 Å². The number of aryl methyl sites for hydroxylation is 1. The maximum absolute atomic E-state index is 12.2. The van der Waals surface area contributed by atoms with E-state index in [1.54, 1.807) is 6.20 Å². The third-order valence-corrected chi connectivity index (χ3v) is 4.60. The van der Waals surface area contributed by atoms with Crippen molar-refractivity contribution in [3.05, 3.63) is 82.5 Å². The predicted octanol–water partition coefficient (Wildman–Crippen LogP) is 5.28. The lowest BCUT2D eigenvalue weighted by Crippen LogP contribution is -2.15. The smallest absolute Gasteiger partial charge is 0.228 e. The molecule has 0 aliphatic heterocycles. The fraction of sp³-hybridized carbons (Fsp3) is 0.143. The summed E-state index contributed by atoms with van der Waals surface area (Å²) in [6.45, 7) is 3.95. The molecule has 0 spiro atoms. The Hall–Kier alpha value is -2.85. The van der Waals surface area contributed by atoms with E-state index in [0.29, 0.717) is 22.9 Å². The SMILES string of the molecule is Cc1ccccc1CC(=O)Nc1ccc(Nc2cccc(Cl)c2C)nc1. The normalized spacial score (nSPS) is 10.4. The first-order chi connectivity index (χ1) is 12.5. The van der Waals surface area contributed by atoms with Crippen LogP contribution in [0.3, 0.4) is 0 Å². The molecule has 1 heterocycles. The number of hydrogen-bond donors (Lipinski definition) is 2. The average Bonchev–Trinajstić information content (AvgIpc) is 2.62. The van der Waals surface area contributed by atoms with Crippen LogP contribution in [0.5, 0.6) is 0 Å². The Balaban J connectivity index is 1.63. The van der Waals surface area contributed by atoms with Gasteiger partial charge in [0.25, 0.3) is 0 Å². The van der Waals surface area contributed by atoms with Gasteiger partial charge in [-0.1, -0.05) is 41.9 Å². The van der Waals surface area contributed by atoms with Crippen LogP contribution in [0.2, 0.25) is 5.02 Å². The highest BCUT2D eigenvalue weighted by Gasteiger charge is 2.07. The number of benzene rings is 2. The highest BCUT2D eigenvalue weighted by Crippen LogP contribution is 2.25. The minimum absolute atomic E-state index is 0.0625. The van der Waals surface area contributed by atoms with Gasteiger partial charge in [-0.25, -0.2) is 4.98 Å². The van der Waals surface area contributed by atoms with E-state index in [0.717, 1.165) is 22.4 Å². The Labute approximate surface area is 158 Å². The topological polar surface area (TPSA) is 54.0 Å². The number of aromatic nitrogens is 1. The number of hydrogen-bond acceptors (Lipinski definition) is 3. The second kappa shape index (κ2) is 8.02. The van der Waals surface area contributed by atoms with E-state index in [1.165, 1.54) is 0 Å². The second-order valence-corrected chi connectivity index (χ2v) is 6.53. The van der Waals surface area contributed by atoms with Crippen LogP contribution in [0.4, 0.5) is 17.2 Å². The van der Waals surface area contributed by atoms with Crippen LogP contribution in [-0.4, -0.2) is 10.9 Å². The standard InChI is InChI=1S/C21H20ClN3O/c1-14-6-3-4-7-16(14)12-21(26)24-17-10-11-20(23-13-17)25-19-9-5-8-18(22)15(19)2/h3-11,13H,12H2,1-2H3,(H,23,25)(H,24,26). The van der Waals surface area contributed by atoms with Crippen molar-refractivity contribution in [1.82, 2.24) is 4.98 Å². The van der Waals surface area contributed by atoms with Gasteiger partial charge < -0.3 is 10.6 Å². The number of pyridine rings is 1. The van der Waals surface area contributed by atoms with Crippen LogP contribution in [-0.2, 0) is 11.2 Å². The number of amides is 1. The molecule has 3 rings (SSSR count). The molecular formula is C21H20ClN3O. The quantitative estimate of drug-likeness (QED) is 0.647. The Morgan fingerprint density at radius 3 is 2.58 bits per heavy atom. The molecule has 0 radical (unpaired) electrons. The molecule has 0 bridgehead atoms. The summed E-state index contributed by atoms with van der Waals surface area (Å²) in [5, 5.41) is 6.82. The van der Waals surface area contributed by atoms with Crippen LogP contribution < -0.4 is 10.6 Å². The van der Waals surface area contributed by atoms with Crippen LogP contribution in [0.1, 0.15) is 16.7 Å². The summed E-state index contributed by atoms with van der Waals surface area (Å²) in [4.78, 5) is 16.6. The van der Waals surface area contributed by atoms with Crippen LogP contribution in [0.15, 0.2) is 60.8 Å². The van der Waals surface area contributed by atoms with Crippen LogP contribution >= 0.6 is 11.6 Å². The predicted molar refractivity (Wildman–Crippen MR) is 107 cm³/mol. The van der Waals surface area contributed by atoms with Crippen LogP contribution in [0.25, 0.3) is 0 Å². The first-order valence-electron chi connectivity index (χ1n) is 8.35. The minimum Gasteiger partial charge on any atom is -0.340 e. The molecule has 26 heavy (non-hydrogen) atoms. The second-order valence-electron chi connectivity index (χ2n) is 6.12. The fourth-order valence-corrected chi connectivity index (χ4v) is 2.78. The molecule has 2 N–H and O–H groups in total. The maximum Gasteiger partial charge on any atom is 0.228 e. The number of carbonyl (C=O) groups excluding carboxylic acids is 1. The molecule has 0 fully saturated rings. The van der Waals surface area contributed by atoms with Gasteiger partial charge in [0.15, 0.2) is 0 Å². The van der Waals surface area contributed by atoms with Crippen LogP contribution in [0, 0.1) is 13.8 Å². The van der Waals surface area contributed by atoms with Crippen molar-refractivity contribution >= 4 is 34.7 Å². The van der Waals surface area contributed by atoms with Crippen molar-refractivity contribution in [1.29, 1.82) is 0 Å². The van der Waals surface area contributed by atoms with E-state index < -0.39 is 0 Å². The van der Waals surface area contributed by atoms with Crippen molar-refractivity contribution in [3.8, 4) is 0 Å². The lowest BCUT2D eigenvalue weighted by Gasteiger charge is -2.11. The monoisotopic (exact) mass is 365 g/mol. The van der Waals surface area contributed by atoms with E-state index in [1.807, 2.05) is 68.4 Å². The number of nitrogens with zero attached hydrogens (tertiary/aromatic N) is 1. The molecule has 2 aromatic carbocycles. The Morgan fingerprint density at radius 1 is 1.04 bits per heavy atom. The van der Waals surface area contributed by atoms with Gasteiger partial charge in [-0.3, -0.25) is 4.79 Å². The molecule has 0 aliphatic carbocycles. The largest absolute Gasteiger partial charge is 0.340 e. The Morgan fingerprint density at radius 2 is 1.85 bits per heavy atom. The van der Waals surface area contributed by atoms with Crippen molar-refractivity contribution in [2.75, 3.05) is 10.6 Å². The van der Waals surface area contributed by atoms with Gasteiger partial charge in [-0.05, 0) is 54.8 Å². The Bertz CT molecular complexity index is 923. The molecule has 1 amide bonds. The third kappa shape index (κ3) is 4.41. The number of halogens is 1. The lowest BCUT2D eigenvalue weighted by molar-refractivity contribution is -0.115. The van der Waals surface area contributed by atoms with Crippen molar-refractivity contribution in [2.45, 2.75) is 20.3 Å². The van der Waals surface area contributed by atoms with E-state index in [9.17, 15) is 4.79 Å². The molecule has 0 saturated carbocycles. The molecule has 4 nitrogen and oxygen atoms in total. The molecule has 0 atom stereocenters. The first-order valence-corrected chi connectivity index (χ1v) is 8.73. The summed E-state index contributed by atoms with van der Waals surface area (Å²) < 4.78 is 0. The molecule has 0 unspecified atom stereocenters. The van der Waals surface area contributed by atoms with Gasteiger partial charge in [0.2, 0.25) is 5.91 Å². The number of rotatable bonds is 5. The van der Waals surface area contributed by atoms with Gasteiger partial charge >= 0.3 is 0 Å². The van der Waals surface area contributed by atoms with Crippen molar-refractivity contribution in [3.63, 3.8) is 0 Å². The highest BCUT2D eigenvalue weighted by atomic mass is 35.5. The Kier molecular flexibility index (Phi) is 5.54. The molecule has 3 aromatic rings. The molecule has 0 aliphatic rings. The van der Waals surface area contributed by atoms with Gasteiger partial charge in [0.1, 0.15) is 5.82 Å². The van der Waals surface area contributed by atoms with Gasteiger partial charge in [0, 0.05) is 10.7 Å². The molecule has 0 saturated heterocycles. The molecule has 5 heteroatoms. The zero-order valence-corrected chi connectivity index (χ0v) is 15.5. The lowest BCUT2D eigenvalue weighted by atomic mass is 10.1. The zero-order valence-electron chi connectivity index (χ0n) is 14.7. The summed E-state index contributed by atoms with van der Waals surface area (Å²) >= 11 is 6.13. The first kappa shape index (κ1) is 18.0. The number of carbonyl (C=O) groups is 1. The fourth-order valence-electron chi connectivity index (χ4n) is 2.61. The molecule has 1 aromatic heterocycles. The summed E-state index contributed by atoms with van der Waals surface area (Å²) in [5.74, 6) is 0.625. The van der Waals surface area contributed by atoms with E-state index in [4.69, 9.17) is 11.6 Å². The summed E-state index contributed by atoms with van der Waals surface area (Å²) in [5.41, 5.74) is 4.66. The summed E-state index contributed by atoms with van der Waals surface area (Å²) in [6.07, 6.45) is 1.98. The molecule has 132 valence electrons. The minimum atomic E-state index is -0.0625. The molecular weight excluding hydrogens is 346 g/mol. The zero-order chi connectivity index (χ0) is 18.5. The number of nitrogens with one attached hydrogen (secondary N) is 2. The van der Waals surface area contributed by atoms with E-state index >= 15 is 0 Å². The maximum atomic E-state index is 12.2. The van der Waals surface area contributed by atoms with Crippen molar-refractivity contribution in [2.24, 2.45) is 0 Å². The van der Waals surface area contributed by atoms with E-state index in [2.05, 4.69) is 15.6 Å². The average molecular weight is 366 g/mol. The summed E-state index contributed by atoms with van der Waals surface area (Å²) in [7, 11) is 0.